The monoisotopic (exact) mass is 426 g/mol. The lowest BCUT2D eigenvalue weighted by Gasteiger charge is -2.42. The Morgan fingerprint density at radius 2 is 1.38 bits per heavy atom. The van der Waals surface area contributed by atoms with E-state index in [1.807, 2.05) is 0 Å². The van der Waals surface area contributed by atoms with Crippen LogP contribution in [0.1, 0.15) is 47.5 Å². The van der Waals surface area contributed by atoms with Gasteiger partial charge in [-0.15, -0.1) is 11.6 Å². The molecule has 0 atom stereocenters. The molecule has 0 aliphatic carbocycles. The van der Waals surface area contributed by atoms with E-state index in [4.69, 9.17) is 16.0 Å². The maximum absolute atomic E-state index is 6.91. The van der Waals surface area contributed by atoms with Gasteiger partial charge in [0.25, 0.3) is 8.32 Å². The highest BCUT2D eigenvalue weighted by atomic mass is 35.5. The van der Waals surface area contributed by atoms with Gasteiger partial charge in [-0.1, -0.05) is 105 Å². The van der Waals surface area contributed by atoms with Crippen LogP contribution in [0.5, 0.6) is 0 Å². The van der Waals surface area contributed by atoms with Crippen molar-refractivity contribution in [3.63, 3.8) is 0 Å². The Kier molecular flexibility index (Phi) is 8.95. The SMILES string of the molecule is C/C(=C/CC/C(C)=C/CO[Si](c1ccccc1)(c1ccccc1)C(C)(C)C)CCl. The topological polar surface area (TPSA) is 9.23 Å². The summed E-state index contributed by atoms with van der Waals surface area (Å²) in [6.07, 6.45) is 6.55. The van der Waals surface area contributed by atoms with Crippen LogP contribution >= 0.6 is 11.6 Å². The first kappa shape index (κ1) is 23.7. The van der Waals surface area contributed by atoms with E-state index in [-0.39, 0.29) is 5.04 Å². The third-order valence-corrected chi connectivity index (χ3v) is 10.8. The molecule has 2 aromatic rings. The van der Waals surface area contributed by atoms with E-state index in [1.165, 1.54) is 21.5 Å². The van der Waals surface area contributed by atoms with Crippen LogP contribution < -0.4 is 10.4 Å². The zero-order valence-corrected chi connectivity index (χ0v) is 20.3. The Labute approximate surface area is 183 Å². The van der Waals surface area contributed by atoms with Gasteiger partial charge in [-0.25, -0.2) is 0 Å². The predicted octanol–water partition coefficient (Wildman–Crippen LogP) is 6.47. The Morgan fingerprint density at radius 3 is 1.83 bits per heavy atom. The number of alkyl halides is 1. The van der Waals surface area contributed by atoms with Gasteiger partial charge in [0.15, 0.2) is 0 Å². The number of benzene rings is 2. The molecule has 3 heteroatoms. The molecule has 2 rings (SSSR count). The molecule has 0 aliphatic heterocycles. The number of hydrogen-bond donors (Lipinski definition) is 0. The Morgan fingerprint density at radius 1 is 0.862 bits per heavy atom. The van der Waals surface area contributed by atoms with Crippen molar-refractivity contribution in [1.29, 1.82) is 0 Å². The van der Waals surface area contributed by atoms with Gasteiger partial charge in [-0.05, 0) is 42.1 Å². The number of halogens is 1. The molecule has 0 aromatic heterocycles. The number of hydrogen-bond acceptors (Lipinski definition) is 1. The van der Waals surface area contributed by atoms with Crippen LogP contribution in [0.2, 0.25) is 5.04 Å². The molecule has 0 radical (unpaired) electrons. The van der Waals surface area contributed by atoms with Gasteiger partial charge in [-0.2, -0.15) is 0 Å². The Hall–Kier alpha value is -1.61. The van der Waals surface area contributed by atoms with Gasteiger partial charge in [0.05, 0.1) is 6.61 Å². The molecule has 0 fully saturated rings. The molecule has 29 heavy (non-hydrogen) atoms. The molecular weight excluding hydrogens is 392 g/mol. The lowest BCUT2D eigenvalue weighted by molar-refractivity contribution is 0.338. The Balaban J connectivity index is 2.31. The average molecular weight is 427 g/mol. The third kappa shape index (κ3) is 6.18. The van der Waals surface area contributed by atoms with Crippen LogP contribution in [0, 0.1) is 0 Å². The van der Waals surface area contributed by atoms with Gasteiger partial charge in [0.2, 0.25) is 0 Å². The lowest BCUT2D eigenvalue weighted by atomic mass is 10.1. The first-order valence-electron chi connectivity index (χ1n) is 10.4. The first-order chi connectivity index (χ1) is 13.8. The summed E-state index contributed by atoms with van der Waals surface area (Å²) >= 11 is 5.86. The fourth-order valence-electron chi connectivity index (χ4n) is 3.77. The van der Waals surface area contributed by atoms with Gasteiger partial charge in [-0.3, -0.25) is 0 Å². The smallest absolute Gasteiger partial charge is 0.261 e. The van der Waals surface area contributed by atoms with Crippen molar-refractivity contribution in [3.05, 3.63) is 84.0 Å². The highest BCUT2D eigenvalue weighted by Gasteiger charge is 2.49. The molecule has 0 bridgehead atoms. The second-order valence-electron chi connectivity index (χ2n) is 8.75. The fraction of sp³-hybridized carbons (Fsp3) is 0.385. The fourth-order valence-corrected chi connectivity index (χ4v) is 8.37. The van der Waals surface area contributed by atoms with Crippen molar-refractivity contribution >= 4 is 30.3 Å². The number of allylic oxidation sites excluding steroid dienone is 3. The van der Waals surface area contributed by atoms with Crippen molar-refractivity contribution in [2.75, 3.05) is 12.5 Å². The van der Waals surface area contributed by atoms with Crippen LogP contribution in [0.15, 0.2) is 84.0 Å². The van der Waals surface area contributed by atoms with E-state index in [2.05, 4.69) is 107 Å². The van der Waals surface area contributed by atoms with Gasteiger partial charge < -0.3 is 4.43 Å². The lowest BCUT2D eigenvalue weighted by Crippen LogP contribution is -2.66. The summed E-state index contributed by atoms with van der Waals surface area (Å²) in [6.45, 7) is 11.9. The van der Waals surface area contributed by atoms with E-state index in [0.717, 1.165) is 12.8 Å². The summed E-state index contributed by atoms with van der Waals surface area (Å²) in [4.78, 5) is 0. The zero-order chi connectivity index (χ0) is 21.3. The summed E-state index contributed by atoms with van der Waals surface area (Å²) in [6, 6.07) is 21.6. The molecule has 1 nitrogen and oxygen atoms in total. The maximum atomic E-state index is 6.91. The Bertz CT molecular complexity index is 764. The quantitative estimate of drug-likeness (QED) is 0.253. The minimum atomic E-state index is -2.45. The predicted molar refractivity (Wildman–Crippen MR) is 131 cm³/mol. The zero-order valence-electron chi connectivity index (χ0n) is 18.5. The summed E-state index contributed by atoms with van der Waals surface area (Å²) in [5, 5.41) is 2.66. The third-order valence-electron chi connectivity index (χ3n) is 5.39. The molecule has 0 saturated heterocycles. The van der Waals surface area contributed by atoms with Crippen LogP contribution in [0.4, 0.5) is 0 Å². The van der Waals surface area contributed by atoms with Crippen molar-refractivity contribution < 1.29 is 4.43 Å². The average Bonchev–Trinajstić information content (AvgIpc) is 2.71. The molecule has 156 valence electrons. The summed E-state index contributed by atoms with van der Waals surface area (Å²) < 4.78 is 6.91. The van der Waals surface area contributed by atoms with Gasteiger partial charge in [0, 0.05) is 5.88 Å². The van der Waals surface area contributed by atoms with Crippen LogP contribution in [-0.4, -0.2) is 20.8 Å². The normalized spacial score (nSPS) is 13.6. The molecule has 0 amide bonds. The largest absolute Gasteiger partial charge is 0.404 e. The van der Waals surface area contributed by atoms with Gasteiger partial charge >= 0.3 is 0 Å². The standard InChI is InChI=1S/C26H35ClOSi/c1-22(13-12-14-23(2)21-27)19-20-28-29(26(3,4)5,24-15-8-6-9-16-24)25-17-10-7-11-18-25/h6-11,14-19H,12-13,20-21H2,1-5H3/b22-19+,23-14-. The van der Waals surface area contributed by atoms with Crippen molar-refractivity contribution in [1.82, 2.24) is 0 Å². The highest BCUT2D eigenvalue weighted by molar-refractivity contribution is 6.99. The molecule has 0 aliphatic rings. The summed E-state index contributed by atoms with van der Waals surface area (Å²) in [5.74, 6) is 0.611. The van der Waals surface area contributed by atoms with Gasteiger partial charge in [0.1, 0.15) is 0 Å². The van der Waals surface area contributed by atoms with Crippen LogP contribution in [0.3, 0.4) is 0 Å². The van der Waals surface area contributed by atoms with Crippen molar-refractivity contribution in [2.45, 2.75) is 52.5 Å². The molecule has 0 N–H and O–H groups in total. The van der Waals surface area contributed by atoms with Crippen molar-refractivity contribution in [3.8, 4) is 0 Å². The molecule has 0 unspecified atom stereocenters. The van der Waals surface area contributed by atoms with E-state index < -0.39 is 8.32 Å². The van der Waals surface area contributed by atoms with Crippen LogP contribution in [-0.2, 0) is 4.43 Å². The highest BCUT2D eigenvalue weighted by Crippen LogP contribution is 2.36. The van der Waals surface area contributed by atoms with E-state index in [1.54, 1.807) is 0 Å². The number of rotatable bonds is 9. The van der Waals surface area contributed by atoms with E-state index in [0.29, 0.717) is 12.5 Å². The minimum absolute atomic E-state index is 0.0116. The first-order valence-corrected chi connectivity index (χ1v) is 12.9. The maximum Gasteiger partial charge on any atom is 0.261 e. The summed E-state index contributed by atoms with van der Waals surface area (Å²) in [5.41, 5.74) is 2.60. The molecule has 0 saturated carbocycles. The van der Waals surface area contributed by atoms with E-state index in [9.17, 15) is 0 Å². The van der Waals surface area contributed by atoms with Crippen LogP contribution in [0.25, 0.3) is 0 Å². The van der Waals surface area contributed by atoms with E-state index >= 15 is 0 Å². The minimum Gasteiger partial charge on any atom is -0.404 e. The molecule has 2 aromatic carbocycles. The second-order valence-corrected chi connectivity index (χ2v) is 13.3. The molecular formula is C26H35ClOSi. The molecule has 0 heterocycles. The second kappa shape index (κ2) is 11.0. The summed E-state index contributed by atoms with van der Waals surface area (Å²) in [7, 11) is -2.45. The van der Waals surface area contributed by atoms with Crippen molar-refractivity contribution in [2.24, 2.45) is 0 Å². The molecule has 0 spiro atoms.